The third-order valence-electron chi connectivity index (χ3n) is 6.19. The van der Waals surface area contributed by atoms with Gasteiger partial charge in [-0.25, -0.2) is 0 Å². The number of nitrogens with one attached hydrogen (secondary N) is 1. The first-order chi connectivity index (χ1) is 15.2. The van der Waals surface area contributed by atoms with E-state index in [0.717, 1.165) is 64.3 Å². The summed E-state index contributed by atoms with van der Waals surface area (Å²) in [6.45, 7) is 7.06. The summed E-state index contributed by atoms with van der Waals surface area (Å²) in [4.78, 5) is 31.6. The zero-order valence-electron chi connectivity index (χ0n) is 18.1. The minimum Gasteiger partial charge on any atom is -0.342 e. The zero-order valence-corrected chi connectivity index (χ0v) is 18.1. The van der Waals surface area contributed by atoms with Gasteiger partial charge in [-0.15, -0.1) is 0 Å². The maximum absolute atomic E-state index is 12.5. The molecule has 0 bridgehead atoms. The monoisotopic (exact) mass is 420 g/mol. The predicted molar refractivity (Wildman–Crippen MR) is 123 cm³/mol. The molecule has 2 heterocycles. The van der Waals surface area contributed by atoms with Crippen molar-refractivity contribution in [3.05, 3.63) is 65.7 Å². The van der Waals surface area contributed by atoms with Crippen LogP contribution in [-0.4, -0.2) is 72.3 Å². The van der Waals surface area contributed by atoms with Crippen molar-refractivity contribution in [2.45, 2.75) is 25.8 Å². The fourth-order valence-electron chi connectivity index (χ4n) is 4.28. The normalized spacial score (nSPS) is 18.0. The number of carbonyl (C=O) groups is 2. The predicted octanol–water partition coefficient (Wildman–Crippen LogP) is 3.07. The van der Waals surface area contributed by atoms with E-state index in [-0.39, 0.29) is 11.8 Å². The Morgan fingerprint density at radius 2 is 1.39 bits per heavy atom. The van der Waals surface area contributed by atoms with Crippen molar-refractivity contribution in [2.75, 3.05) is 51.1 Å². The quantitative estimate of drug-likeness (QED) is 0.780. The van der Waals surface area contributed by atoms with Crippen LogP contribution in [-0.2, 0) is 11.3 Å². The molecule has 4 rings (SSSR count). The van der Waals surface area contributed by atoms with Gasteiger partial charge >= 0.3 is 0 Å². The Labute approximate surface area is 184 Å². The topological polar surface area (TPSA) is 55.9 Å². The van der Waals surface area contributed by atoms with Gasteiger partial charge in [0.15, 0.2) is 0 Å². The molecule has 0 radical (unpaired) electrons. The molecule has 2 aliphatic rings. The van der Waals surface area contributed by atoms with Crippen LogP contribution in [0, 0.1) is 0 Å². The molecule has 0 aromatic heterocycles. The summed E-state index contributed by atoms with van der Waals surface area (Å²) >= 11 is 0. The van der Waals surface area contributed by atoms with Gasteiger partial charge in [0.25, 0.3) is 5.91 Å². The van der Waals surface area contributed by atoms with E-state index < -0.39 is 0 Å². The molecule has 164 valence electrons. The van der Waals surface area contributed by atoms with Crippen LogP contribution in [0.4, 0.5) is 5.69 Å². The number of benzene rings is 2. The fraction of sp³-hybridized carbons (Fsp3) is 0.440. The van der Waals surface area contributed by atoms with Crippen molar-refractivity contribution in [3.63, 3.8) is 0 Å². The summed E-state index contributed by atoms with van der Waals surface area (Å²) < 4.78 is 0. The Morgan fingerprint density at radius 1 is 0.742 bits per heavy atom. The molecule has 2 amide bonds. The molecule has 0 aliphatic carbocycles. The van der Waals surface area contributed by atoms with Gasteiger partial charge in [0.05, 0.1) is 6.54 Å². The second-order valence-corrected chi connectivity index (χ2v) is 8.51. The molecule has 31 heavy (non-hydrogen) atoms. The number of rotatable bonds is 6. The Kier molecular flexibility index (Phi) is 7.33. The first-order valence-electron chi connectivity index (χ1n) is 11.4. The third kappa shape index (κ3) is 6.15. The maximum Gasteiger partial charge on any atom is 0.255 e. The third-order valence-corrected chi connectivity index (χ3v) is 6.19. The number of carbonyl (C=O) groups excluding carboxylic acids is 2. The molecule has 2 aromatic rings. The molecule has 2 aromatic carbocycles. The van der Waals surface area contributed by atoms with E-state index in [1.807, 2.05) is 59.5 Å². The largest absolute Gasteiger partial charge is 0.342 e. The number of para-hydroxylation sites is 1. The summed E-state index contributed by atoms with van der Waals surface area (Å²) in [7, 11) is 0. The lowest BCUT2D eigenvalue weighted by Gasteiger charge is -2.36. The van der Waals surface area contributed by atoms with Gasteiger partial charge < -0.3 is 10.2 Å². The lowest BCUT2D eigenvalue weighted by atomic mass is 10.1. The molecule has 2 aliphatic heterocycles. The number of anilines is 1. The first kappa shape index (κ1) is 21.5. The van der Waals surface area contributed by atoms with Crippen molar-refractivity contribution in [3.8, 4) is 0 Å². The van der Waals surface area contributed by atoms with E-state index in [4.69, 9.17) is 0 Å². The summed E-state index contributed by atoms with van der Waals surface area (Å²) in [5.74, 6) is 0.197. The molecule has 6 heteroatoms. The summed E-state index contributed by atoms with van der Waals surface area (Å²) in [5, 5.41) is 2.92. The van der Waals surface area contributed by atoms with Gasteiger partial charge in [0, 0.05) is 57.1 Å². The van der Waals surface area contributed by atoms with E-state index in [2.05, 4.69) is 15.1 Å². The highest BCUT2D eigenvalue weighted by molar-refractivity contribution is 6.04. The van der Waals surface area contributed by atoms with Crippen LogP contribution in [0.15, 0.2) is 54.6 Å². The van der Waals surface area contributed by atoms with E-state index in [9.17, 15) is 9.59 Å². The Hall–Kier alpha value is -2.70. The van der Waals surface area contributed by atoms with Crippen LogP contribution in [0.1, 0.15) is 35.2 Å². The molecule has 6 nitrogen and oxygen atoms in total. The van der Waals surface area contributed by atoms with Crippen molar-refractivity contribution in [2.24, 2.45) is 0 Å². The second kappa shape index (κ2) is 10.6. The zero-order chi connectivity index (χ0) is 21.5. The van der Waals surface area contributed by atoms with E-state index in [1.165, 1.54) is 12.0 Å². The number of nitrogens with zero attached hydrogens (tertiary/aromatic N) is 3. The number of piperazine rings is 1. The van der Waals surface area contributed by atoms with Gasteiger partial charge in [-0.3, -0.25) is 19.4 Å². The standard InChI is InChI=1S/C25H32N4O2/c30-24(29-13-5-2-6-14-29)20-28-17-15-27(16-18-28)19-21-9-11-22(12-10-21)25(31)26-23-7-3-1-4-8-23/h1,3-4,7-12H,2,5-6,13-20H2,(H,26,31). The molecule has 2 fully saturated rings. The molecular formula is C25H32N4O2. The van der Waals surface area contributed by atoms with Crippen LogP contribution in [0.5, 0.6) is 0 Å². The number of amides is 2. The Morgan fingerprint density at radius 3 is 2.06 bits per heavy atom. The van der Waals surface area contributed by atoms with Gasteiger partial charge in [-0.2, -0.15) is 0 Å². The molecular weight excluding hydrogens is 388 g/mol. The average molecular weight is 421 g/mol. The van der Waals surface area contributed by atoms with Crippen LogP contribution < -0.4 is 5.32 Å². The maximum atomic E-state index is 12.5. The Balaban J connectivity index is 1.21. The smallest absolute Gasteiger partial charge is 0.255 e. The number of piperidine rings is 1. The van der Waals surface area contributed by atoms with Crippen LogP contribution in [0.3, 0.4) is 0 Å². The molecule has 0 atom stereocenters. The van der Waals surface area contributed by atoms with Crippen LogP contribution in [0.2, 0.25) is 0 Å². The van der Waals surface area contributed by atoms with Crippen LogP contribution in [0.25, 0.3) is 0 Å². The van der Waals surface area contributed by atoms with Gasteiger partial charge in [-0.05, 0) is 49.1 Å². The summed E-state index contributed by atoms with van der Waals surface area (Å²) in [5.41, 5.74) is 2.66. The first-order valence-corrected chi connectivity index (χ1v) is 11.4. The van der Waals surface area contributed by atoms with Crippen molar-refractivity contribution in [1.29, 1.82) is 0 Å². The molecule has 0 unspecified atom stereocenters. The molecule has 2 saturated heterocycles. The average Bonchev–Trinajstić information content (AvgIpc) is 2.82. The second-order valence-electron chi connectivity index (χ2n) is 8.51. The van der Waals surface area contributed by atoms with Crippen molar-refractivity contribution in [1.82, 2.24) is 14.7 Å². The van der Waals surface area contributed by atoms with Crippen molar-refractivity contribution >= 4 is 17.5 Å². The minimum absolute atomic E-state index is 0.0928. The van der Waals surface area contributed by atoms with E-state index >= 15 is 0 Å². The summed E-state index contributed by atoms with van der Waals surface area (Å²) in [6, 6.07) is 17.3. The molecule has 1 N–H and O–H groups in total. The molecule has 0 saturated carbocycles. The van der Waals surface area contributed by atoms with Gasteiger partial charge in [0.2, 0.25) is 5.91 Å². The number of hydrogen-bond donors (Lipinski definition) is 1. The van der Waals surface area contributed by atoms with E-state index in [1.54, 1.807) is 0 Å². The fourth-order valence-corrected chi connectivity index (χ4v) is 4.28. The van der Waals surface area contributed by atoms with Crippen LogP contribution >= 0.6 is 0 Å². The number of likely N-dealkylation sites (tertiary alicyclic amines) is 1. The van der Waals surface area contributed by atoms with Gasteiger partial charge in [-0.1, -0.05) is 30.3 Å². The highest BCUT2D eigenvalue weighted by atomic mass is 16.2. The SMILES string of the molecule is O=C(Nc1ccccc1)c1ccc(CN2CCN(CC(=O)N3CCCCC3)CC2)cc1. The van der Waals surface area contributed by atoms with Crippen molar-refractivity contribution < 1.29 is 9.59 Å². The van der Waals surface area contributed by atoms with E-state index in [0.29, 0.717) is 12.1 Å². The Bertz CT molecular complexity index is 855. The van der Waals surface area contributed by atoms with Gasteiger partial charge in [0.1, 0.15) is 0 Å². The number of hydrogen-bond acceptors (Lipinski definition) is 4. The lowest BCUT2D eigenvalue weighted by Crippen LogP contribution is -2.50. The summed E-state index contributed by atoms with van der Waals surface area (Å²) in [6.07, 6.45) is 3.54. The minimum atomic E-state index is -0.0928. The molecule has 0 spiro atoms. The highest BCUT2D eigenvalue weighted by Gasteiger charge is 2.22. The lowest BCUT2D eigenvalue weighted by molar-refractivity contribution is -0.133. The highest BCUT2D eigenvalue weighted by Crippen LogP contribution is 2.14.